The lowest BCUT2D eigenvalue weighted by atomic mass is 9.77. The Hall–Kier alpha value is -3.88. The van der Waals surface area contributed by atoms with Gasteiger partial charge in [-0.05, 0) is 13.8 Å². The monoisotopic (exact) mass is 460 g/mol. The van der Waals surface area contributed by atoms with E-state index in [0.717, 1.165) is 0 Å². The number of aliphatic hydroxyl groups is 2. The highest BCUT2D eigenvalue weighted by molar-refractivity contribution is 6.36. The Labute approximate surface area is 196 Å². The molecule has 0 spiro atoms. The van der Waals surface area contributed by atoms with Crippen LogP contribution in [0.4, 0.5) is 0 Å². The van der Waals surface area contributed by atoms with E-state index in [0.29, 0.717) is 0 Å². The van der Waals surface area contributed by atoms with Crippen molar-refractivity contribution < 1.29 is 29.4 Å². The summed E-state index contributed by atoms with van der Waals surface area (Å²) in [5.74, 6) is -2.22. The molecule has 0 radical (unpaired) electrons. The number of hydrogen-bond donors (Lipinski definition) is 4. The minimum absolute atomic E-state index is 0.117. The van der Waals surface area contributed by atoms with Gasteiger partial charge in [-0.25, -0.2) is 0 Å². The molecule has 2 aliphatic rings. The molecule has 0 heterocycles. The van der Waals surface area contributed by atoms with Crippen LogP contribution < -0.4 is 10.6 Å². The quantitative estimate of drug-likeness (QED) is 0.490. The molecule has 8 nitrogen and oxygen atoms in total. The summed E-state index contributed by atoms with van der Waals surface area (Å²) < 4.78 is 0. The van der Waals surface area contributed by atoms with E-state index >= 15 is 0 Å². The normalized spacial score (nSPS) is 17.4. The molecule has 4 rings (SSSR count). The molecule has 0 aliphatic heterocycles. The van der Waals surface area contributed by atoms with Gasteiger partial charge in [-0.1, -0.05) is 48.5 Å². The Bertz CT molecular complexity index is 1190. The third-order valence-electron chi connectivity index (χ3n) is 5.82. The molecule has 0 aromatic heterocycles. The maximum absolute atomic E-state index is 13.7. The Morgan fingerprint density at radius 3 is 1.18 bits per heavy atom. The SMILES string of the molecule is C[C@@H](CO)NC1=C(C2=C(N[C@@H](C)CO)C(=O)c3ccccc3C2=O)C(=O)c2ccccc2C1=O. The van der Waals surface area contributed by atoms with E-state index in [9.17, 15) is 29.4 Å². The molecule has 174 valence electrons. The van der Waals surface area contributed by atoms with Crippen LogP contribution in [0.25, 0.3) is 0 Å². The number of allylic oxidation sites excluding steroid dienone is 4. The van der Waals surface area contributed by atoms with Gasteiger partial charge in [-0.15, -0.1) is 0 Å². The lowest BCUT2D eigenvalue weighted by Crippen LogP contribution is -2.41. The van der Waals surface area contributed by atoms with Crippen LogP contribution in [0.15, 0.2) is 71.1 Å². The Balaban J connectivity index is 2.04. The molecule has 2 aromatic carbocycles. The second-order valence-electron chi connectivity index (χ2n) is 8.36. The predicted octanol–water partition coefficient (Wildman–Crippen LogP) is 1.59. The molecule has 2 aromatic rings. The van der Waals surface area contributed by atoms with Gasteiger partial charge in [0.05, 0.1) is 35.8 Å². The highest BCUT2D eigenvalue weighted by Crippen LogP contribution is 2.36. The van der Waals surface area contributed by atoms with Crippen molar-refractivity contribution in [3.63, 3.8) is 0 Å². The zero-order chi connectivity index (χ0) is 24.6. The van der Waals surface area contributed by atoms with Crippen molar-refractivity contribution in [1.82, 2.24) is 10.6 Å². The van der Waals surface area contributed by atoms with Crippen molar-refractivity contribution in [2.45, 2.75) is 25.9 Å². The maximum atomic E-state index is 13.7. The number of ketones is 4. The van der Waals surface area contributed by atoms with E-state index in [1.54, 1.807) is 38.1 Å². The number of carbonyl (C=O) groups is 4. The lowest BCUT2D eigenvalue weighted by molar-refractivity contribution is 0.0943. The number of carbonyl (C=O) groups excluding carboxylic acids is 4. The zero-order valence-electron chi connectivity index (χ0n) is 18.7. The molecule has 4 N–H and O–H groups in total. The molecule has 0 bridgehead atoms. The second kappa shape index (κ2) is 9.17. The number of hydrogen-bond acceptors (Lipinski definition) is 8. The van der Waals surface area contributed by atoms with Gasteiger partial charge in [0, 0.05) is 34.3 Å². The van der Waals surface area contributed by atoms with Gasteiger partial charge < -0.3 is 20.8 Å². The molecule has 0 saturated carbocycles. The number of aliphatic hydroxyl groups excluding tert-OH is 2. The number of rotatable bonds is 7. The molecule has 0 unspecified atom stereocenters. The summed E-state index contributed by atoms with van der Waals surface area (Å²) in [4.78, 5) is 54.3. The van der Waals surface area contributed by atoms with Crippen LogP contribution in [0.5, 0.6) is 0 Å². The molecule has 0 saturated heterocycles. The Morgan fingerprint density at radius 2 is 0.882 bits per heavy atom. The van der Waals surface area contributed by atoms with Crippen molar-refractivity contribution in [1.29, 1.82) is 0 Å². The fraction of sp³-hybridized carbons (Fsp3) is 0.231. The zero-order valence-corrected chi connectivity index (χ0v) is 18.7. The van der Waals surface area contributed by atoms with Crippen LogP contribution in [0, 0.1) is 0 Å². The Morgan fingerprint density at radius 1 is 0.588 bits per heavy atom. The van der Waals surface area contributed by atoms with Crippen LogP contribution in [0.3, 0.4) is 0 Å². The summed E-state index contributed by atoms with van der Waals surface area (Å²) in [7, 11) is 0. The van der Waals surface area contributed by atoms with Gasteiger partial charge in [0.1, 0.15) is 0 Å². The number of Topliss-reactive ketones (excluding diaryl/α,β-unsaturated/α-hetero) is 4. The van der Waals surface area contributed by atoms with Crippen LogP contribution in [-0.4, -0.2) is 58.6 Å². The summed E-state index contributed by atoms with van der Waals surface area (Å²) in [6, 6.07) is 11.3. The molecule has 2 atom stereocenters. The molecular weight excluding hydrogens is 436 g/mol. The van der Waals surface area contributed by atoms with E-state index < -0.39 is 35.2 Å². The smallest absolute Gasteiger partial charge is 0.210 e. The van der Waals surface area contributed by atoms with Crippen molar-refractivity contribution in [2.75, 3.05) is 13.2 Å². The third kappa shape index (κ3) is 3.76. The van der Waals surface area contributed by atoms with E-state index in [1.807, 2.05) is 0 Å². The summed E-state index contributed by atoms with van der Waals surface area (Å²) in [6.45, 7) is 2.57. The Kier molecular flexibility index (Phi) is 6.28. The van der Waals surface area contributed by atoms with E-state index in [1.165, 1.54) is 24.3 Å². The topological polar surface area (TPSA) is 133 Å². The highest BCUT2D eigenvalue weighted by atomic mass is 16.3. The van der Waals surface area contributed by atoms with Crippen LogP contribution >= 0.6 is 0 Å². The number of benzene rings is 2. The van der Waals surface area contributed by atoms with Gasteiger partial charge in [-0.2, -0.15) is 0 Å². The van der Waals surface area contributed by atoms with Gasteiger partial charge in [0.2, 0.25) is 11.6 Å². The predicted molar refractivity (Wildman–Crippen MR) is 124 cm³/mol. The lowest BCUT2D eigenvalue weighted by Gasteiger charge is -2.29. The molecule has 0 fully saturated rings. The van der Waals surface area contributed by atoms with Crippen molar-refractivity contribution in [3.05, 3.63) is 93.3 Å². The van der Waals surface area contributed by atoms with Gasteiger partial charge >= 0.3 is 0 Å². The number of nitrogens with one attached hydrogen (secondary N) is 2. The summed E-state index contributed by atoms with van der Waals surface area (Å²) >= 11 is 0. The van der Waals surface area contributed by atoms with Gasteiger partial charge in [0.15, 0.2) is 11.6 Å². The minimum Gasteiger partial charge on any atom is -0.394 e. The van der Waals surface area contributed by atoms with Gasteiger partial charge in [-0.3, -0.25) is 19.2 Å². The largest absolute Gasteiger partial charge is 0.394 e. The van der Waals surface area contributed by atoms with E-state index in [-0.39, 0.29) is 58.0 Å². The summed E-state index contributed by atoms with van der Waals surface area (Å²) in [6.07, 6.45) is 0. The van der Waals surface area contributed by atoms with Crippen molar-refractivity contribution in [2.24, 2.45) is 0 Å². The molecule has 34 heavy (non-hydrogen) atoms. The first-order valence-corrected chi connectivity index (χ1v) is 10.9. The number of fused-ring (bicyclic) bond motifs is 2. The fourth-order valence-electron chi connectivity index (χ4n) is 4.09. The first kappa shape index (κ1) is 23.3. The van der Waals surface area contributed by atoms with Gasteiger partial charge in [0.25, 0.3) is 0 Å². The molecular formula is C26H24N2O6. The molecule has 8 heteroatoms. The van der Waals surface area contributed by atoms with Crippen molar-refractivity contribution in [3.8, 4) is 0 Å². The second-order valence-corrected chi connectivity index (χ2v) is 8.36. The molecule has 2 aliphatic carbocycles. The standard InChI is InChI=1S/C26H24N2O6/c1-13(11-29)27-21-19(23(31)15-7-3-5-9-17(15)25(21)33)20-22(28-14(2)12-30)26(34)18-10-6-4-8-16(18)24(20)32/h3-10,13-14,27-30H,11-12H2,1-2H3/t13-,14-/m0/s1. The van der Waals surface area contributed by atoms with E-state index in [4.69, 9.17) is 0 Å². The average molecular weight is 460 g/mol. The minimum atomic E-state index is -0.609. The summed E-state index contributed by atoms with van der Waals surface area (Å²) in [5, 5.41) is 24.9. The first-order valence-electron chi connectivity index (χ1n) is 10.9. The summed E-state index contributed by atoms with van der Waals surface area (Å²) in [5.41, 5.74) is -0.213. The fourth-order valence-corrected chi connectivity index (χ4v) is 4.09. The van der Waals surface area contributed by atoms with Crippen LogP contribution in [-0.2, 0) is 0 Å². The third-order valence-corrected chi connectivity index (χ3v) is 5.82. The van der Waals surface area contributed by atoms with Crippen LogP contribution in [0.2, 0.25) is 0 Å². The van der Waals surface area contributed by atoms with E-state index in [2.05, 4.69) is 10.6 Å². The first-order chi connectivity index (χ1) is 16.3. The highest BCUT2D eigenvalue weighted by Gasteiger charge is 2.42. The van der Waals surface area contributed by atoms with Crippen LogP contribution in [0.1, 0.15) is 55.3 Å². The molecule has 0 amide bonds. The average Bonchev–Trinajstić information content (AvgIpc) is 2.86. The maximum Gasteiger partial charge on any atom is 0.210 e. The van der Waals surface area contributed by atoms with Crippen molar-refractivity contribution >= 4 is 23.1 Å².